The number of carbonyl (C=O) groups is 1. The smallest absolute Gasteiger partial charge is 0.435 e. The number of hydrogen-bond acceptors (Lipinski definition) is 6. The standard InChI is InChI=1S/C19H15F3N2O5/c1-3-28-15-13(27-2)7-6-10-9-11(18(26)29-14(10)15)17(25)24-12-5-4-8-23-16(12)19(20,21)22/h4-9H,3H2,1-2H3,(H,24,25). The van der Waals surface area contributed by atoms with Crippen LogP contribution in [-0.2, 0) is 6.18 Å². The number of amides is 1. The lowest BCUT2D eigenvalue weighted by molar-refractivity contribution is -0.140. The van der Waals surface area contributed by atoms with Gasteiger partial charge >= 0.3 is 11.8 Å². The van der Waals surface area contributed by atoms with Crippen LogP contribution >= 0.6 is 0 Å². The van der Waals surface area contributed by atoms with Crippen molar-refractivity contribution < 1.29 is 31.9 Å². The van der Waals surface area contributed by atoms with Gasteiger partial charge < -0.3 is 19.2 Å². The molecule has 7 nitrogen and oxygen atoms in total. The summed E-state index contributed by atoms with van der Waals surface area (Å²) < 4.78 is 55.0. The first-order valence-corrected chi connectivity index (χ1v) is 8.37. The molecule has 2 heterocycles. The molecular formula is C19H15F3N2O5. The predicted octanol–water partition coefficient (Wildman–Crippen LogP) is 3.87. The number of fused-ring (bicyclic) bond motifs is 1. The Balaban J connectivity index is 2.04. The van der Waals surface area contributed by atoms with Gasteiger partial charge in [-0.25, -0.2) is 9.78 Å². The Morgan fingerprint density at radius 3 is 2.69 bits per heavy atom. The Bertz CT molecular complexity index is 1130. The van der Waals surface area contributed by atoms with Crippen LogP contribution in [0.1, 0.15) is 23.0 Å². The molecule has 1 N–H and O–H groups in total. The molecule has 10 heteroatoms. The summed E-state index contributed by atoms with van der Waals surface area (Å²) in [7, 11) is 1.41. The Hall–Kier alpha value is -3.56. The predicted molar refractivity (Wildman–Crippen MR) is 97.4 cm³/mol. The Kier molecular flexibility index (Phi) is 5.44. The van der Waals surface area contributed by atoms with Crippen LogP contribution in [0.25, 0.3) is 11.0 Å². The highest BCUT2D eigenvalue weighted by molar-refractivity contribution is 6.06. The fourth-order valence-corrected chi connectivity index (χ4v) is 2.66. The Morgan fingerprint density at radius 2 is 2.03 bits per heavy atom. The topological polar surface area (TPSA) is 90.7 Å². The van der Waals surface area contributed by atoms with Crippen molar-refractivity contribution in [2.24, 2.45) is 0 Å². The zero-order valence-corrected chi connectivity index (χ0v) is 15.3. The van der Waals surface area contributed by atoms with Crippen molar-refractivity contribution in [2.45, 2.75) is 13.1 Å². The molecule has 0 saturated heterocycles. The Labute approximate surface area is 162 Å². The number of aromatic nitrogens is 1. The first-order valence-electron chi connectivity index (χ1n) is 8.37. The van der Waals surface area contributed by atoms with E-state index in [9.17, 15) is 22.8 Å². The van der Waals surface area contributed by atoms with Gasteiger partial charge in [0, 0.05) is 11.6 Å². The molecule has 3 rings (SSSR count). The Morgan fingerprint density at radius 1 is 1.28 bits per heavy atom. The number of nitrogens with one attached hydrogen (secondary N) is 1. The molecule has 0 aliphatic rings. The van der Waals surface area contributed by atoms with Crippen molar-refractivity contribution in [1.82, 2.24) is 4.98 Å². The monoisotopic (exact) mass is 408 g/mol. The molecule has 2 aromatic heterocycles. The molecular weight excluding hydrogens is 393 g/mol. The van der Waals surface area contributed by atoms with Gasteiger partial charge in [-0.2, -0.15) is 13.2 Å². The number of alkyl halides is 3. The number of anilines is 1. The van der Waals surface area contributed by atoms with E-state index in [0.717, 1.165) is 12.3 Å². The van der Waals surface area contributed by atoms with Gasteiger partial charge in [0.15, 0.2) is 17.0 Å². The molecule has 152 valence electrons. The molecule has 1 aromatic carbocycles. The van der Waals surface area contributed by atoms with Gasteiger partial charge in [-0.05, 0) is 37.3 Å². The SMILES string of the molecule is CCOc1c(OC)ccc2cc(C(=O)Nc3cccnc3C(F)(F)F)c(=O)oc12. The number of carbonyl (C=O) groups excluding carboxylic acids is 1. The van der Waals surface area contributed by atoms with E-state index in [0.29, 0.717) is 11.1 Å². The van der Waals surface area contributed by atoms with E-state index in [1.54, 1.807) is 13.0 Å². The van der Waals surface area contributed by atoms with E-state index in [2.05, 4.69) is 10.3 Å². The van der Waals surface area contributed by atoms with E-state index in [1.807, 2.05) is 0 Å². The third-order valence-electron chi connectivity index (χ3n) is 3.90. The maximum atomic E-state index is 13.1. The summed E-state index contributed by atoms with van der Waals surface area (Å²) in [6.07, 6.45) is -3.83. The number of benzene rings is 1. The highest BCUT2D eigenvalue weighted by Gasteiger charge is 2.36. The van der Waals surface area contributed by atoms with Crippen LogP contribution in [0, 0.1) is 0 Å². The number of methoxy groups -OCH3 is 1. The second-order valence-electron chi connectivity index (χ2n) is 5.75. The molecule has 0 fully saturated rings. The lowest BCUT2D eigenvalue weighted by Gasteiger charge is -2.13. The maximum absolute atomic E-state index is 13.1. The van der Waals surface area contributed by atoms with Crippen LogP contribution in [0.15, 0.2) is 45.7 Å². The summed E-state index contributed by atoms with van der Waals surface area (Å²) in [5.74, 6) is -0.555. The quantitative estimate of drug-likeness (QED) is 0.645. The second-order valence-corrected chi connectivity index (χ2v) is 5.75. The van der Waals surface area contributed by atoms with Crippen molar-refractivity contribution in [2.75, 3.05) is 19.0 Å². The molecule has 1 amide bonds. The molecule has 0 spiro atoms. The van der Waals surface area contributed by atoms with E-state index in [-0.39, 0.29) is 17.9 Å². The highest BCUT2D eigenvalue weighted by atomic mass is 19.4. The summed E-state index contributed by atoms with van der Waals surface area (Å²) in [6.45, 7) is 1.99. The van der Waals surface area contributed by atoms with E-state index >= 15 is 0 Å². The van der Waals surface area contributed by atoms with Crippen LogP contribution in [0.3, 0.4) is 0 Å². The minimum atomic E-state index is -4.78. The average Bonchev–Trinajstić information content (AvgIpc) is 2.67. The third kappa shape index (κ3) is 4.00. The lowest BCUT2D eigenvalue weighted by Crippen LogP contribution is -2.23. The number of ether oxygens (including phenoxy) is 2. The zero-order chi connectivity index (χ0) is 21.2. The van der Waals surface area contributed by atoms with Gasteiger partial charge in [0.2, 0.25) is 5.75 Å². The molecule has 0 aliphatic heterocycles. The zero-order valence-electron chi connectivity index (χ0n) is 15.3. The minimum absolute atomic E-state index is 0.0603. The molecule has 29 heavy (non-hydrogen) atoms. The summed E-state index contributed by atoms with van der Waals surface area (Å²) in [5, 5.41) is 2.40. The van der Waals surface area contributed by atoms with Crippen molar-refractivity contribution in [1.29, 1.82) is 0 Å². The molecule has 0 radical (unpaired) electrons. The van der Waals surface area contributed by atoms with Gasteiger partial charge in [-0.15, -0.1) is 0 Å². The first kappa shape index (κ1) is 20.2. The maximum Gasteiger partial charge on any atom is 0.435 e. The van der Waals surface area contributed by atoms with E-state index < -0.39 is 34.7 Å². The van der Waals surface area contributed by atoms with E-state index in [1.165, 1.54) is 25.3 Å². The third-order valence-corrected chi connectivity index (χ3v) is 3.90. The van der Waals surface area contributed by atoms with Crippen molar-refractivity contribution in [3.63, 3.8) is 0 Å². The summed E-state index contributed by atoms with van der Waals surface area (Å²) >= 11 is 0. The van der Waals surface area contributed by atoms with Crippen LogP contribution in [0.5, 0.6) is 11.5 Å². The van der Waals surface area contributed by atoms with Gasteiger partial charge in [0.25, 0.3) is 5.91 Å². The number of hydrogen-bond donors (Lipinski definition) is 1. The number of halogens is 3. The highest BCUT2D eigenvalue weighted by Crippen LogP contribution is 2.36. The summed E-state index contributed by atoms with van der Waals surface area (Å²) in [4.78, 5) is 28.1. The van der Waals surface area contributed by atoms with Crippen LogP contribution in [0.2, 0.25) is 0 Å². The summed E-state index contributed by atoms with van der Waals surface area (Å²) in [5.41, 5.74) is -3.30. The van der Waals surface area contributed by atoms with Crippen molar-refractivity contribution in [3.05, 3.63) is 58.2 Å². The fourth-order valence-electron chi connectivity index (χ4n) is 2.66. The van der Waals surface area contributed by atoms with Gasteiger partial charge in [-0.1, -0.05) is 0 Å². The van der Waals surface area contributed by atoms with Gasteiger partial charge in [0.1, 0.15) is 5.56 Å². The first-order chi connectivity index (χ1) is 13.8. The summed E-state index contributed by atoms with van der Waals surface area (Å²) in [6, 6.07) is 6.56. The fraction of sp³-hybridized carbons (Fsp3) is 0.211. The normalized spacial score (nSPS) is 11.3. The van der Waals surface area contributed by atoms with Crippen molar-refractivity contribution >= 4 is 22.6 Å². The van der Waals surface area contributed by atoms with Crippen molar-refractivity contribution in [3.8, 4) is 11.5 Å². The van der Waals surface area contributed by atoms with Gasteiger partial charge in [0.05, 0.1) is 19.4 Å². The molecule has 0 saturated carbocycles. The van der Waals surface area contributed by atoms with Crippen LogP contribution < -0.4 is 20.4 Å². The van der Waals surface area contributed by atoms with E-state index in [4.69, 9.17) is 13.9 Å². The average molecular weight is 408 g/mol. The van der Waals surface area contributed by atoms with Crippen LogP contribution in [-0.4, -0.2) is 24.6 Å². The number of pyridine rings is 1. The second kappa shape index (κ2) is 7.82. The molecule has 0 unspecified atom stereocenters. The number of rotatable bonds is 5. The molecule has 0 aliphatic carbocycles. The molecule has 0 atom stereocenters. The number of nitrogens with zero attached hydrogens (tertiary/aromatic N) is 1. The largest absolute Gasteiger partial charge is 0.493 e. The minimum Gasteiger partial charge on any atom is -0.493 e. The van der Waals surface area contributed by atoms with Gasteiger partial charge in [-0.3, -0.25) is 4.79 Å². The van der Waals surface area contributed by atoms with Crippen LogP contribution in [0.4, 0.5) is 18.9 Å². The lowest BCUT2D eigenvalue weighted by atomic mass is 10.1. The molecule has 0 bridgehead atoms. The molecule has 3 aromatic rings.